The van der Waals surface area contributed by atoms with E-state index in [0.717, 1.165) is 50.0 Å². The van der Waals surface area contributed by atoms with Crippen LogP contribution < -0.4 is 0 Å². The Bertz CT molecular complexity index is 575. The minimum atomic E-state index is -3.45. The highest BCUT2D eigenvalue weighted by Gasteiger charge is 2.32. The van der Waals surface area contributed by atoms with Gasteiger partial charge >= 0.3 is 0 Å². The van der Waals surface area contributed by atoms with Crippen LogP contribution in [0.2, 0.25) is 0 Å². The van der Waals surface area contributed by atoms with E-state index in [4.69, 9.17) is 0 Å². The van der Waals surface area contributed by atoms with E-state index in [0.29, 0.717) is 6.04 Å². The van der Waals surface area contributed by atoms with Gasteiger partial charge in [0.1, 0.15) is 5.82 Å². The molecule has 1 aromatic heterocycles. The number of rotatable bonds is 5. The number of aryl methyl sites for hydroxylation is 1. The van der Waals surface area contributed by atoms with Crippen LogP contribution in [0.5, 0.6) is 0 Å². The molecule has 6 heteroatoms. The number of imidazole rings is 1. The van der Waals surface area contributed by atoms with Gasteiger partial charge in [-0.3, -0.25) is 0 Å². The van der Waals surface area contributed by atoms with Crippen molar-refractivity contribution in [1.82, 2.24) is 13.9 Å². The second kappa shape index (κ2) is 5.85. The SMILES string of the molecule is CCCc1nc(S(=O)(=O)N(C)C)c2n1C(CC)CCC2. The molecule has 5 nitrogen and oxygen atoms in total. The van der Waals surface area contributed by atoms with E-state index in [1.54, 1.807) is 14.1 Å². The first-order valence-electron chi connectivity index (χ1n) is 7.45. The van der Waals surface area contributed by atoms with E-state index in [1.807, 2.05) is 0 Å². The van der Waals surface area contributed by atoms with Crippen molar-refractivity contribution in [2.24, 2.45) is 0 Å². The first-order valence-corrected chi connectivity index (χ1v) is 8.89. The molecule has 1 aliphatic heterocycles. The summed E-state index contributed by atoms with van der Waals surface area (Å²) in [4.78, 5) is 4.51. The second-order valence-corrected chi connectivity index (χ2v) is 7.71. The van der Waals surface area contributed by atoms with Gasteiger partial charge in [0.2, 0.25) is 0 Å². The number of hydrogen-bond donors (Lipinski definition) is 0. The lowest BCUT2D eigenvalue weighted by atomic mass is 10.0. The minimum absolute atomic E-state index is 0.282. The Morgan fingerprint density at radius 2 is 2.05 bits per heavy atom. The van der Waals surface area contributed by atoms with Gasteiger partial charge in [0, 0.05) is 26.6 Å². The Hall–Kier alpha value is -0.880. The molecule has 0 N–H and O–H groups in total. The average molecular weight is 299 g/mol. The summed E-state index contributed by atoms with van der Waals surface area (Å²) in [5.74, 6) is 0.939. The number of hydrogen-bond acceptors (Lipinski definition) is 3. The maximum Gasteiger partial charge on any atom is 0.261 e. The summed E-state index contributed by atoms with van der Waals surface area (Å²) in [5, 5.41) is 0.282. The third kappa shape index (κ3) is 2.51. The monoisotopic (exact) mass is 299 g/mol. The fourth-order valence-electron chi connectivity index (χ4n) is 2.95. The summed E-state index contributed by atoms with van der Waals surface area (Å²) in [5.41, 5.74) is 0.917. The summed E-state index contributed by atoms with van der Waals surface area (Å²) in [6.45, 7) is 4.27. The maximum absolute atomic E-state index is 12.5. The van der Waals surface area contributed by atoms with Crippen LogP contribution in [0.4, 0.5) is 0 Å². The topological polar surface area (TPSA) is 55.2 Å². The fraction of sp³-hybridized carbons (Fsp3) is 0.786. The van der Waals surface area contributed by atoms with E-state index in [2.05, 4.69) is 23.4 Å². The van der Waals surface area contributed by atoms with Crippen molar-refractivity contribution >= 4 is 10.0 Å². The third-order valence-electron chi connectivity index (χ3n) is 4.03. The molecule has 0 radical (unpaired) electrons. The summed E-state index contributed by atoms with van der Waals surface area (Å²) in [7, 11) is -0.306. The van der Waals surface area contributed by atoms with Gasteiger partial charge in [-0.25, -0.2) is 17.7 Å². The standard InChI is InChI=1S/C14H25N3O2S/c1-5-8-13-15-14(20(18,19)16(3)4)12-10-7-9-11(6-2)17(12)13/h11H,5-10H2,1-4H3. The van der Waals surface area contributed by atoms with Crippen LogP contribution in [0.1, 0.15) is 57.1 Å². The Balaban J connectivity index is 2.61. The first-order chi connectivity index (χ1) is 9.43. The lowest BCUT2D eigenvalue weighted by Crippen LogP contribution is -2.25. The van der Waals surface area contributed by atoms with Gasteiger partial charge in [0.25, 0.3) is 10.0 Å². The third-order valence-corrected chi connectivity index (χ3v) is 5.81. The Morgan fingerprint density at radius 3 is 2.60 bits per heavy atom. The zero-order valence-corrected chi connectivity index (χ0v) is 13.7. The van der Waals surface area contributed by atoms with Crippen LogP contribution in [0.3, 0.4) is 0 Å². The van der Waals surface area contributed by atoms with Crippen LogP contribution in [-0.4, -0.2) is 36.4 Å². The molecule has 1 aliphatic rings. The maximum atomic E-state index is 12.5. The largest absolute Gasteiger partial charge is 0.328 e. The van der Waals surface area contributed by atoms with E-state index < -0.39 is 10.0 Å². The van der Waals surface area contributed by atoms with Crippen molar-refractivity contribution < 1.29 is 8.42 Å². The molecule has 1 aromatic rings. The number of nitrogens with zero attached hydrogens (tertiary/aromatic N) is 3. The van der Waals surface area contributed by atoms with Crippen molar-refractivity contribution in [3.05, 3.63) is 11.5 Å². The van der Waals surface area contributed by atoms with E-state index in [1.165, 1.54) is 4.31 Å². The molecule has 0 spiro atoms. The molecule has 114 valence electrons. The van der Waals surface area contributed by atoms with Crippen LogP contribution in [0.25, 0.3) is 0 Å². The lowest BCUT2D eigenvalue weighted by molar-refractivity contribution is 0.376. The molecule has 0 amide bonds. The van der Waals surface area contributed by atoms with Gasteiger partial charge in [-0.2, -0.15) is 0 Å². The number of sulfonamides is 1. The van der Waals surface area contributed by atoms with Crippen molar-refractivity contribution in [2.75, 3.05) is 14.1 Å². The van der Waals surface area contributed by atoms with Crippen LogP contribution in [0, 0.1) is 0 Å². The van der Waals surface area contributed by atoms with Gasteiger partial charge in [0.05, 0.1) is 5.69 Å². The molecule has 0 aromatic carbocycles. The van der Waals surface area contributed by atoms with Crippen molar-refractivity contribution in [3.63, 3.8) is 0 Å². The van der Waals surface area contributed by atoms with Crippen LogP contribution in [0.15, 0.2) is 5.03 Å². The van der Waals surface area contributed by atoms with Crippen molar-refractivity contribution in [2.45, 2.75) is 63.4 Å². The average Bonchev–Trinajstić information content (AvgIpc) is 2.78. The summed E-state index contributed by atoms with van der Waals surface area (Å²) in [6, 6.07) is 0.402. The number of fused-ring (bicyclic) bond motifs is 1. The predicted octanol–water partition coefficient (Wildman–Crippen LogP) is 2.37. The minimum Gasteiger partial charge on any atom is -0.328 e. The van der Waals surface area contributed by atoms with Crippen molar-refractivity contribution in [1.29, 1.82) is 0 Å². The van der Waals surface area contributed by atoms with Gasteiger partial charge in [-0.05, 0) is 32.1 Å². The molecule has 0 bridgehead atoms. The molecule has 1 atom stereocenters. The Labute approximate surface area is 122 Å². The molecule has 0 aliphatic carbocycles. The molecule has 1 unspecified atom stereocenters. The Morgan fingerprint density at radius 1 is 1.35 bits per heavy atom. The van der Waals surface area contributed by atoms with Crippen LogP contribution in [-0.2, 0) is 22.9 Å². The second-order valence-electron chi connectivity index (χ2n) is 5.64. The normalized spacial score (nSPS) is 19.4. The van der Waals surface area contributed by atoms with E-state index >= 15 is 0 Å². The zero-order valence-electron chi connectivity index (χ0n) is 12.9. The van der Waals surface area contributed by atoms with E-state index in [9.17, 15) is 8.42 Å². The van der Waals surface area contributed by atoms with Gasteiger partial charge < -0.3 is 4.57 Å². The van der Waals surface area contributed by atoms with Gasteiger partial charge in [0.15, 0.2) is 5.03 Å². The molecular weight excluding hydrogens is 274 g/mol. The van der Waals surface area contributed by atoms with Gasteiger partial charge in [-0.1, -0.05) is 13.8 Å². The molecular formula is C14H25N3O2S. The molecule has 2 heterocycles. The summed E-state index contributed by atoms with van der Waals surface area (Å²) >= 11 is 0. The molecule has 0 saturated carbocycles. The zero-order chi connectivity index (χ0) is 14.9. The highest BCUT2D eigenvalue weighted by atomic mass is 32.2. The van der Waals surface area contributed by atoms with E-state index in [-0.39, 0.29) is 5.03 Å². The first kappa shape index (κ1) is 15.5. The highest BCUT2D eigenvalue weighted by molar-refractivity contribution is 7.89. The molecule has 2 rings (SSSR count). The fourth-order valence-corrected chi connectivity index (χ4v) is 4.02. The Kier molecular flexibility index (Phi) is 4.54. The molecule has 0 saturated heterocycles. The lowest BCUT2D eigenvalue weighted by Gasteiger charge is -2.27. The van der Waals surface area contributed by atoms with Crippen LogP contribution >= 0.6 is 0 Å². The highest BCUT2D eigenvalue weighted by Crippen LogP contribution is 2.33. The quantitative estimate of drug-likeness (QED) is 0.839. The molecule has 0 fully saturated rings. The van der Waals surface area contributed by atoms with Crippen molar-refractivity contribution in [3.8, 4) is 0 Å². The summed E-state index contributed by atoms with van der Waals surface area (Å²) in [6.07, 6.45) is 5.83. The predicted molar refractivity (Wildman–Crippen MR) is 79.4 cm³/mol. The number of aromatic nitrogens is 2. The molecule has 20 heavy (non-hydrogen) atoms. The summed E-state index contributed by atoms with van der Waals surface area (Å²) < 4.78 is 28.4. The van der Waals surface area contributed by atoms with Gasteiger partial charge in [-0.15, -0.1) is 0 Å². The smallest absolute Gasteiger partial charge is 0.261 e.